The predicted octanol–water partition coefficient (Wildman–Crippen LogP) is 0.411. The van der Waals surface area contributed by atoms with Crippen LogP contribution in [0.2, 0.25) is 0 Å². The van der Waals surface area contributed by atoms with Gasteiger partial charge in [-0.25, -0.2) is 18.2 Å². The molecule has 6 nitrogen and oxygen atoms in total. The van der Waals surface area contributed by atoms with Gasteiger partial charge in [0.1, 0.15) is 0 Å². The number of hydrazine groups is 1. The molecule has 0 radical (unpaired) electrons. The zero-order valence-electron chi connectivity index (χ0n) is 8.90. The van der Waals surface area contributed by atoms with Crippen LogP contribution in [0.15, 0.2) is 0 Å². The van der Waals surface area contributed by atoms with Crippen LogP contribution in [0, 0.1) is 0 Å². The van der Waals surface area contributed by atoms with Crippen LogP contribution in [0.4, 0.5) is 4.79 Å². The number of hydrogen-bond donors (Lipinski definition) is 1. The fourth-order valence-corrected chi connectivity index (χ4v) is 2.33. The molecule has 0 aliphatic rings. The molecular formula is C7H15Cl2N3O3S. The second-order valence-corrected chi connectivity index (χ2v) is 5.65. The van der Waals surface area contributed by atoms with Gasteiger partial charge in [-0.3, -0.25) is 0 Å². The molecule has 2 N–H and O–H groups in total. The average Bonchev–Trinajstić information content (AvgIpc) is 2.14. The summed E-state index contributed by atoms with van der Waals surface area (Å²) in [4.78, 5) is 11.1. The summed E-state index contributed by atoms with van der Waals surface area (Å²) in [6, 6.07) is -0.861. The minimum atomic E-state index is -3.56. The Kier molecular flexibility index (Phi) is 7.05. The number of primary amides is 1. The van der Waals surface area contributed by atoms with Crippen molar-refractivity contribution in [1.82, 2.24) is 9.42 Å². The maximum Gasteiger partial charge on any atom is 0.330 e. The Balaban J connectivity index is 4.89. The first-order chi connectivity index (χ1) is 7.34. The number of nitrogens with two attached hydrogens (primary N) is 1. The van der Waals surface area contributed by atoms with Crippen LogP contribution in [0.1, 0.15) is 6.42 Å². The second kappa shape index (κ2) is 7.16. The Morgan fingerprint density at radius 1 is 1.25 bits per heavy atom. The minimum Gasteiger partial charge on any atom is -0.350 e. The lowest BCUT2D eigenvalue weighted by Gasteiger charge is -2.30. The van der Waals surface area contributed by atoms with Gasteiger partial charge >= 0.3 is 6.03 Å². The van der Waals surface area contributed by atoms with Gasteiger partial charge in [0.05, 0.1) is 12.8 Å². The highest BCUT2D eigenvalue weighted by Gasteiger charge is 2.26. The zero-order valence-corrected chi connectivity index (χ0v) is 11.2. The Morgan fingerprint density at radius 2 is 1.81 bits per heavy atom. The van der Waals surface area contributed by atoms with Crippen molar-refractivity contribution < 1.29 is 13.2 Å². The predicted molar refractivity (Wildman–Crippen MR) is 63.9 cm³/mol. The summed E-state index contributed by atoms with van der Waals surface area (Å²) in [5.74, 6) is 0.384. The van der Waals surface area contributed by atoms with Gasteiger partial charge in [-0.15, -0.1) is 27.6 Å². The third-order valence-corrected chi connectivity index (χ3v) is 3.27. The molecule has 0 rings (SSSR count). The summed E-state index contributed by atoms with van der Waals surface area (Å²) in [6.07, 6.45) is 1.41. The molecule has 0 saturated heterocycles. The molecule has 96 valence electrons. The SMILES string of the molecule is CS(=O)(=O)N(CCCCl)N(CCCl)C(N)=O. The van der Waals surface area contributed by atoms with E-state index in [2.05, 4.69) is 0 Å². The molecule has 0 aliphatic carbocycles. The van der Waals surface area contributed by atoms with Gasteiger partial charge in [-0.2, -0.15) is 0 Å². The van der Waals surface area contributed by atoms with E-state index in [1.54, 1.807) is 0 Å². The number of hydrogen-bond acceptors (Lipinski definition) is 3. The summed E-state index contributed by atoms with van der Waals surface area (Å²) >= 11 is 10.9. The largest absolute Gasteiger partial charge is 0.350 e. The van der Waals surface area contributed by atoms with Crippen LogP contribution >= 0.6 is 23.2 Å². The lowest BCUT2D eigenvalue weighted by molar-refractivity contribution is 0.103. The average molecular weight is 292 g/mol. The van der Waals surface area contributed by atoms with E-state index in [9.17, 15) is 13.2 Å². The van der Waals surface area contributed by atoms with Gasteiger partial charge in [0.15, 0.2) is 0 Å². The number of amides is 2. The fraction of sp³-hybridized carbons (Fsp3) is 0.857. The van der Waals surface area contributed by atoms with Crippen molar-refractivity contribution in [3.05, 3.63) is 0 Å². The van der Waals surface area contributed by atoms with Gasteiger partial charge in [-0.05, 0) is 6.42 Å². The van der Waals surface area contributed by atoms with Gasteiger partial charge < -0.3 is 5.73 Å². The molecule has 0 fully saturated rings. The molecule has 0 atom stereocenters. The number of carbonyl (C=O) groups excluding carboxylic acids is 1. The van der Waals surface area contributed by atoms with Crippen LogP contribution < -0.4 is 5.73 Å². The van der Waals surface area contributed by atoms with Crippen LogP contribution in [-0.2, 0) is 10.0 Å². The lowest BCUT2D eigenvalue weighted by Crippen LogP contribution is -2.52. The van der Waals surface area contributed by atoms with Crippen molar-refractivity contribution in [3.8, 4) is 0 Å². The first-order valence-electron chi connectivity index (χ1n) is 4.51. The van der Waals surface area contributed by atoms with E-state index >= 15 is 0 Å². The molecular weight excluding hydrogens is 277 g/mol. The van der Waals surface area contributed by atoms with E-state index in [-0.39, 0.29) is 19.0 Å². The number of rotatable bonds is 7. The van der Waals surface area contributed by atoms with E-state index in [1.165, 1.54) is 0 Å². The summed E-state index contributed by atoms with van der Waals surface area (Å²) < 4.78 is 23.8. The number of halogens is 2. The second-order valence-electron chi connectivity index (χ2n) is 3.00. The van der Waals surface area contributed by atoms with Crippen molar-refractivity contribution in [1.29, 1.82) is 0 Å². The van der Waals surface area contributed by atoms with Crippen molar-refractivity contribution >= 4 is 39.3 Å². The number of urea groups is 1. The summed E-state index contributed by atoms with van der Waals surface area (Å²) in [5, 5.41) is 0.898. The van der Waals surface area contributed by atoms with Crippen LogP contribution in [0.25, 0.3) is 0 Å². The van der Waals surface area contributed by atoms with Crippen LogP contribution in [-0.4, -0.2) is 55.0 Å². The van der Waals surface area contributed by atoms with E-state index in [0.717, 1.165) is 15.7 Å². The molecule has 0 unspecified atom stereocenters. The van der Waals surface area contributed by atoms with Gasteiger partial charge in [-0.1, -0.05) is 0 Å². The minimum absolute atomic E-state index is 0.0340. The third kappa shape index (κ3) is 5.20. The van der Waals surface area contributed by atoms with E-state index in [0.29, 0.717) is 12.3 Å². The van der Waals surface area contributed by atoms with E-state index in [1.807, 2.05) is 0 Å². The molecule has 2 amide bonds. The maximum atomic E-state index is 11.4. The number of nitrogens with zero attached hydrogens (tertiary/aromatic N) is 2. The van der Waals surface area contributed by atoms with Crippen LogP contribution in [0.5, 0.6) is 0 Å². The number of sulfonamides is 1. The fourth-order valence-electron chi connectivity index (χ4n) is 1.07. The quantitative estimate of drug-likeness (QED) is 0.545. The molecule has 0 aromatic heterocycles. The smallest absolute Gasteiger partial charge is 0.330 e. The zero-order chi connectivity index (χ0) is 12.8. The van der Waals surface area contributed by atoms with E-state index in [4.69, 9.17) is 28.9 Å². The summed E-state index contributed by atoms with van der Waals surface area (Å²) in [5.41, 5.74) is 5.08. The molecule has 9 heteroatoms. The molecule has 0 spiro atoms. The highest BCUT2D eigenvalue weighted by atomic mass is 35.5. The van der Waals surface area contributed by atoms with Crippen molar-refractivity contribution in [3.63, 3.8) is 0 Å². The normalized spacial score (nSPS) is 11.8. The summed E-state index contributed by atoms with van der Waals surface area (Å²) in [6.45, 7) is 0.133. The van der Waals surface area contributed by atoms with Gasteiger partial charge in [0.2, 0.25) is 10.0 Å². The molecule has 0 aromatic carbocycles. The first kappa shape index (κ1) is 15.8. The summed E-state index contributed by atoms with van der Waals surface area (Å²) in [7, 11) is -3.56. The van der Waals surface area contributed by atoms with Crippen molar-refractivity contribution in [2.75, 3.05) is 31.1 Å². The highest BCUT2D eigenvalue weighted by molar-refractivity contribution is 7.88. The molecule has 0 bridgehead atoms. The van der Waals surface area contributed by atoms with Crippen LogP contribution in [0.3, 0.4) is 0 Å². The van der Waals surface area contributed by atoms with Crippen molar-refractivity contribution in [2.24, 2.45) is 5.73 Å². The molecule has 16 heavy (non-hydrogen) atoms. The standard InChI is InChI=1S/C7H15Cl2N3O3S/c1-16(14,15)12(5-2-3-8)11(6-4-9)7(10)13/h2-6H2,1H3,(H2,10,13). The number of alkyl halides is 2. The Labute approximate surface area is 105 Å². The molecule has 0 saturated carbocycles. The lowest BCUT2D eigenvalue weighted by atomic mass is 10.5. The highest BCUT2D eigenvalue weighted by Crippen LogP contribution is 2.07. The Hall–Kier alpha value is -0.240. The third-order valence-electron chi connectivity index (χ3n) is 1.69. The van der Waals surface area contributed by atoms with E-state index < -0.39 is 16.1 Å². The van der Waals surface area contributed by atoms with Gasteiger partial charge in [0, 0.05) is 18.3 Å². The molecule has 0 aliphatic heterocycles. The molecule has 0 aromatic rings. The van der Waals surface area contributed by atoms with Crippen molar-refractivity contribution in [2.45, 2.75) is 6.42 Å². The number of carbonyl (C=O) groups is 1. The Bertz CT molecular complexity index is 323. The molecule has 0 heterocycles. The Morgan fingerprint density at radius 3 is 2.12 bits per heavy atom. The monoisotopic (exact) mass is 291 g/mol. The topological polar surface area (TPSA) is 83.7 Å². The van der Waals surface area contributed by atoms with Gasteiger partial charge in [0.25, 0.3) is 0 Å². The first-order valence-corrected chi connectivity index (χ1v) is 7.42. The maximum absolute atomic E-state index is 11.4.